The molecule has 1 aliphatic heterocycles. The standard InChI is InChI=1S/C22H16BrFN2O4/c23-17-4-8-19(28-12-14-1-5-18(24)6-2-14)16(9-17)11-25-26-22(27)15-3-7-20-21(10-15)30-13-29-20/h1-11H,12-13H2,(H,26,27)/b25-11-. The van der Waals surface area contributed by atoms with Crippen molar-refractivity contribution in [3.05, 3.63) is 87.6 Å². The van der Waals surface area contributed by atoms with E-state index in [1.165, 1.54) is 18.3 Å². The molecule has 4 rings (SSSR count). The largest absolute Gasteiger partial charge is 0.488 e. The summed E-state index contributed by atoms with van der Waals surface area (Å²) in [6.07, 6.45) is 1.50. The summed E-state index contributed by atoms with van der Waals surface area (Å²) in [4.78, 5) is 12.3. The van der Waals surface area contributed by atoms with Crippen LogP contribution in [-0.2, 0) is 6.61 Å². The number of halogens is 2. The van der Waals surface area contributed by atoms with Crippen LogP contribution in [0.2, 0.25) is 0 Å². The zero-order valence-electron chi connectivity index (χ0n) is 15.6. The molecular formula is C22H16BrFN2O4. The first-order valence-corrected chi connectivity index (χ1v) is 9.77. The van der Waals surface area contributed by atoms with Gasteiger partial charge in [-0.15, -0.1) is 0 Å². The van der Waals surface area contributed by atoms with Gasteiger partial charge in [0.2, 0.25) is 6.79 Å². The molecule has 1 N–H and O–H groups in total. The van der Waals surface area contributed by atoms with Crippen molar-refractivity contribution in [3.63, 3.8) is 0 Å². The maximum atomic E-state index is 13.0. The van der Waals surface area contributed by atoms with Crippen LogP contribution in [0.1, 0.15) is 21.5 Å². The molecule has 3 aromatic carbocycles. The Labute approximate surface area is 180 Å². The van der Waals surface area contributed by atoms with Crippen LogP contribution < -0.4 is 19.6 Å². The fraction of sp³-hybridized carbons (Fsp3) is 0.0909. The molecule has 1 aliphatic rings. The van der Waals surface area contributed by atoms with Crippen molar-refractivity contribution in [2.75, 3.05) is 6.79 Å². The molecular weight excluding hydrogens is 455 g/mol. The summed E-state index contributed by atoms with van der Waals surface area (Å²) < 4.78 is 30.2. The summed E-state index contributed by atoms with van der Waals surface area (Å²) in [7, 11) is 0. The number of carbonyl (C=O) groups is 1. The molecule has 0 spiro atoms. The van der Waals surface area contributed by atoms with E-state index >= 15 is 0 Å². The zero-order valence-corrected chi connectivity index (χ0v) is 17.2. The van der Waals surface area contributed by atoms with Crippen LogP contribution >= 0.6 is 15.9 Å². The Hall–Kier alpha value is -3.39. The topological polar surface area (TPSA) is 69.2 Å². The van der Waals surface area contributed by atoms with E-state index in [4.69, 9.17) is 14.2 Å². The molecule has 0 aromatic heterocycles. The molecule has 1 heterocycles. The number of nitrogens with one attached hydrogen (secondary N) is 1. The third kappa shape index (κ3) is 4.77. The van der Waals surface area contributed by atoms with Crippen LogP contribution in [0, 0.1) is 5.82 Å². The molecule has 30 heavy (non-hydrogen) atoms. The molecule has 0 unspecified atom stereocenters. The predicted octanol–water partition coefficient (Wildman–Crippen LogP) is 4.66. The molecule has 8 heteroatoms. The van der Waals surface area contributed by atoms with Crippen molar-refractivity contribution >= 4 is 28.1 Å². The highest BCUT2D eigenvalue weighted by atomic mass is 79.9. The lowest BCUT2D eigenvalue weighted by atomic mass is 10.2. The fourth-order valence-corrected chi connectivity index (χ4v) is 3.13. The molecule has 0 aliphatic carbocycles. The summed E-state index contributed by atoms with van der Waals surface area (Å²) in [5.74, 6) is 1.02. The van der Waals surface area contributed by atoms with Crippen LogP contribution in [0.4, 0.5) is 4.39 Å². The van der Waals surface area contributed by atoms with Gasteiger partial charge in [-0.3, -0.25) is 4.79 Å². The molecule has 152 valence electrons. The lowest BCUT2D eigenvalue weighted by molar-refractivity contribution is 0.0954. The van der Waals surface area contributed by atoms with Gasteiger partial charge in [0, 0.05) is 15.6 Å². The lowest BCUT2D eigenvalue weighted by Crippen LogP contribution is -2.17. The Bertz CT molecular complexity index is 1100. The van der Waals surface area contributed by atoms with Crippen molar-refractivity contribution in [2.45, 2.75) is 6.61 Å². The third-order valence-electron chi connectivity index (χ3n) is 4.28. The number of rotatable bonds is 6. The number of fused-ring (bicyclic) bond motifs is 1. The van der Waals surface area contributed by atoms with Gasteiger partial charge in [0.1, 0.15) is 18.2 Å². The number of benzene rings is 3. The minimum absolute atomic E-state index is 0.141. The highest BCUT2D eigenvalue weighted by molar-refractivity contribution is 9.10. The second-order valence-electron chi connectivity index (χ2n) is 6.36. The third-order valence-corrected chi connectivity index (χ3v) is 4.78. The second kappa shape index (κ2) is 8.96. The monoisotopic (exact) mass is 470 g/mol. The number of carbonyl (C=O) groups excluding carboxylic acids is 1. The first-order valence-electron chi connectivity index (χ1n) is 8.98. The van der Waals surface area contributed by atoms with Crippen molar-refractivity contribution in [3.8, 4) is 17.2 Å². The molecule has 0 atom stereocenters. The van der Waals surface area contributed by atoms with E-state index in [-0.39, 0.29) is 25.1 Å². The van der Waals surface area contributed by atoms with E-state index in [1.807, 2.05) is 12.1 Å². The Morgan fingerprint density at radius 3 is 2.73 bits per heavy atom. The maximum absolute atomic E-state index is 13.0. The average Bonchev–Trinajstić information content (AvgIpc) is 3.22. The van der Waals surface area contributed by atoms with E-state index < -0.39 is 0 Å². The van der Waals surface area contributed by atoms with Gasteiger partial charge in [-0.1, -0.05) is 28.1 Å². The summed E-state index contributed by atoms with van der Waals surface area (Å²) in [5.41, 5.74) is 4.38. The van der Waals surface area contributed by atoms with Crippen molar-refractivity contribution in [2.24, 2.45) is 5.10 Å². The van der Waals surface area contributed by atoms with Gasteiger partial charge in [-0.2, -0.15) is 5.10 Å². The van der Waals surface area contributed by atoms with Gasteiger partial charge >= 0.3 is 0 Å². The molecule has 1 amide bonds. The normalized spacial score (nSPS) is 12.2. The SMILES string of the molecule is O=C(N/N=C\c1cc(Br)ccc1OCc1ccc(F)cc1)c1ccc2c(c1)OCO2. The Morgan fingerprint density at radius 1 is 1.10 bits per heavy atom. The highest BCUT2D eigenvalue weighted by Gasteiger charge is 2.16. The minimum Gasteiger partial charge on any atom is -0.488 e. The number of hydrazone groups is 1. The first-order chi connectivity index (χ1) is 14.6. The van der Waals surface area contributed by atoms with Crippen LogP contribution in [0.15, 0.2) is 70.2 Å². The van der Waals surface area contributed by atoms with E-state index in [0.29, 0.717) is 28.4 Å². The maximum Gasteiger partial charge on any atom is 0.271 e. The molecule has 0 radical (unpaired) electrons. The van der Waals surface area contributed by atoms with Crippen molar-refractivity contribution in [1.29, 1.82) is 0 Å². The first kappa shape index (κ1) is 19.9. The summed E-state index contributed by atoms with van der Waals surface area (Å²) in [6, 6.07) is 16.4. The minimum atomic E-state index is -0.381. The quantitative estimate of drug-likeness (QED) is 0.420. The number of nitrogens with zero attached hydrogens (tertiary/aromatic N) is 1. The van der Waals surface area contributed by atoms with E-state index in [2.05, 4.69) is 26.5 Å². The predicted molar refractivity (Wildman–Crippen MR) is 112 cm³/mol. The van der Waals surface area contributed by atoms with Gasteiger partial charge in [-0.05, 0) is 54.1 Å². The van der Waals surface area contributed by atoms with Gasteiger partial charge < -0.3 is 14.2 Å². The lowest BCUT2D eigenvalue weighted by Gasteiger charge is -2.10. The van der Waals surface area contributed by atoms with E-state index in [9.17, 15) is 9.18 Å². The van der Waals surface area contributed by atoms with E-state index in [1.54, 1.807) is 36.4 Å². The molecule has 0 bridgehead atoms. The second-order valence-corrected chi connectivity index (χ2v) is 7.28. The Kier molecular flexibility index (Phi) is 5.94. The van der Waals surface area contributed by atoms with Crippen LogP contribution in [0.25, 0.3) is 0 Å². The molecule has 0 saturated heterocycles. The molecule has 0 saturated carbocycles. The van der Waals surface area contributed by atoms with E-state index in [0.717, 1.165) is 10.0 Å². The number of hydrogen-bond donors (Lipinski definition) is 1. The van der Waals surface area contributed by atoms with Gasteiger partial charge in [-0.25, -0.2) is 9.82 Å². The zero-order chi connectivity index (χ0) is 20.9. The summed E-state index contributed by atoms with van der Waals surface area (Å²) >= 11 is 3.41. The van der Waals surface area contributed by atoms with Crippen LogP contribution in [0.5, 0.6) is 17.2 Å². The number of amides is 1. The number of hydrogen-bond acceptors (Lipinski definition) is 5. The Morgan fingerprint density at radius 2 is 1.90 bits per heavy atom. The van der Waals surface area contributed by atoms with Crippen molar-refractivity contribution in [1.82, 2.24) is 5.43 Å². The molecule has 0 fully saturated rings. The van der Waals surface area contributed by atoms with Crippen molar-refractivity contribution < 1.29 is 23.4 Å². The Balaban J connectivity index is 1.43. The summed E-state index contributed by atoms with van der Waals surface area (Å²) in [6.45, 7) is 0.411. The molecule has 6 nitrogen and oxygen atoms in total. The van der Waals surface area contributed by atoms with Gasteiger partial charge in [0.15, 0.2) is 11.5 Å². The van der Waals surface area contributed by atoms with Crippen LogP contribution in [-0.4, -0.2) is 18.9 Å². The summed E-state index contributed by atoms with van der Waals surface area (Å²) in [5, 5.41) is 4.03. The van der Waals surface area contributed by atoms with Gasteiger partial charge in [0.25, 0.3) is 5.91 Å². The molecule has 3 aromatic rings. The number of ether oxygens (including phenoxy) is 3. The van der Waals surface area contributed by atoms with Crippen LogP contribution in [0.3, 0.4) is 0 Å². The van der Waals surface area contributed by atoms with Gasteiger partial charge in [0.05, 0.1) is 6.21 Å². The fourth-order valence-electron chi connectivity index (χ4n) is 2.76. The average molecular weight is 471 g/mol. The highest BCUT2D eigenvalue weighted by Crippen LogP contribution is 2.32. The smallest absolute Gasteiger partial charge is 0.271 e.